The second-order valence-electron chi connectivity index (χ2n) is 7.25. The SMILES string of the molecule is CCN(CC)C(=O)c1cccc(NC(=O)CSc2nnc(NC3CCCCC3)s2)c1. The zero-order valence-electron chi connectivity index (χ0n) is 17.5. The van der Waals surface area contributed by atoms with Crippen LogP contribution in [-0.4, -0.2) is 51.8 Å². The third kappa shape index (κ3) is 6.43. The van der Waals surface area contributed by atoms with Gasteiger partial charge < -0.3 is 15.5 Å². The minimum absolute atomic E-state index is 0.0303. The molecule has 1 aliphatic rings. The maximum absolute atomic E-state index is 12.5. The van der Waals surface area contributed by atoms with Crippen LogP contribution < -0.4 is 10.6 Å². The number of anilines is 2. The summed E-state index contributed by atoms with van der Waals surface area (Å²) >= 11 is 2.86. The van der Waals surface area contributed by atoms with Crippen molar-refractivity contribution in [2.45, 2.75) is 56.3 Å². The number of amides is 2. The molecular formula is C21H29N5O2S2. The van der Waals surface area contributed by atoms with Gasteiger partial charge in [-0.1, -0.05) is 48.4 Å². The van der Waals surface area contributed by atoms with Gasteiger partial charge >= 0.3 is 0 Å². The van der Waals surface area contributed by atoms with Crippen molar-refractivity contribution in [3.05, 3.63) is 29.8 Å². The highest BCUT2D eigenvalue weighted by atomic mass is 32.2. The molecule has 1 saturated carbocycles. The Labute approximate surface area is 186 Å². The first-order valence-electron chi connectivity index (χ1n) is 10.5. The Morgan fingerprint density at radius 2 is 1.93 bits per heavy atom. The highest BCUT2D eigenvalue weighted by Gasteiger charge is 2.16. The van der Waals surface area contributed by atoms with E-state index in [1.165, 1.54) is 55.2 Å². The van der Waals surface area contributed by atoms with Crippen LogP contribution in [0, 0.1) is 0 Å². The largest absolute Gasteiger partial charge is 0.357 e. The molecule has 162 valence electrons. The molecule has 0 radical (unpaired) electrons. The molecule has 0 unspecified atom stereocenters. The number of thioether (sulfide) groups is 1. The molecule has 7 nitrogen and oxygen atoms in total. The summed E-state index contributed by atoms with van der Waals surface area (Å²) in [6.07, 6.45) is 6.21. The lowest BCUT2D eigenvalue weighted by Crippen LogP contribution is -2.30. The van der Waals surface area contributed by atoms with Gasteiger partial charge in [-0.3, -0.25) is 9.59 Å². The number of aromatic nitrogens is 2. The molecule has 0 saturated heterocycles. The Kier molecular flexibility index (Phi) is 8.50. The van der Waals surface area contributed by atoms with Gasteiger partial charge in [-0.2, -0.15) is 0 Å². The van der Waals surface area contributed by atoms with Gasteiger partial charge in [0.25, 0.3) is 5.91 Å². The summed E-state index contributed by atoms with van der Waals surface area (Å²) in [6.45, 7) is 5.21. The molecule has 3 rings (SSSR count). The molecule has 30 heavy (non-hydrogen) atoms. The highest BCUT2D eigenvalue weighted by Crippen LogP contribution is 2.28. The van der Waals surface area contributed by atoms with Crippen LogP contribution in [0.1, 0.15) is 56.3 Å². The minimum Gasteiger partial charge on any atom is -0.357 e. The maximum atomic E-state index is 12.5. The van der Waals surface area contributed by atoms with Gasteiger partial charge in [0.2, 0.25) is 11.0 Å². The van der Waals surface area contributed by atoms with Crippen molar-refractivity contribution in [1.29, 1.82) is 0 Å². The quantitative estimate of drug-likeness (QED) is 0.551. The van der Waals surface area contributed by atoms with E-state index in [0.717, 1.165) is 9.47 Å². The monoisotopic (exact) mass is 447 g/mol. The van der Waals surface area contributed by atoms with Crippen LogP contribution in [0.15, 0.2) is 28.6 Å². The summed E-state index contributed by atoms with van der Waals surface area (Å²) in [5, 5.41) is 15.5. The smallest absolute Gasteiger partial charge is 0.253 e. The Morgan fingerprint density at radius 1 is 1.17 bits per heavy atom. The fraction of sp³-hybridized carbons (Fsp3) is 0.524. The van der Waals surface area contributed by atoms with Crippen LogP contribution >= 0.6 is 23.1 Å². The van der Waals surface area contributed by atoms with Crippen LogP contribution in [0.5, 0.6) is 0 Å². The predicted molar refractivity (Wildman–Crippen MR) is 123 cm³/mol. The molecule has 1 aromatic heterocycles. The van der Waals surface area contributed by atoms with Gasteiger partial charge in [0.1, 0.15) is 0 Å². The van der Waals surface area contributed by atoms with Crippen molar-refractivity contribution in [2.24, 2.45) is 0 Å². The Balaban J connectivity index is 1.49. The van der Waals surface area contributed by atoms with Crippen molar-refractivity contribution in [2.75, 3.05) is 29.5 Å². The molecule has 1 fully saturated rings. The summed E-state index contributed by atoms with van der Waals surface area (Å²) in [7, 11) is 0. The number of hydrogen-bond donors (Lipinski definition) is 2. The third-order valence-corrected chi connectivity index (χ3v) is 7.10. The van der Waals surface area contributed by atoms with E-state index >= 15 is 0 Å². The normalized spacial score (nSPS) is 14.3. The number of carbonyl (C=O) groups is 2. The van der Waals surface area contributed by atoms with E-state index in [1.807, 2.05) is 13.8 Å². The molecule has 1 aromatic carbocycles. The topological polar surface area (TPSA) is 87.2 Å². The fourth-order valence-electron chi connectivity index (χ4n) is 3.50. The van der Waals surface area contributed by atoms with Gasteiger partial charge in [0.15, 0.2) is 4.34 Å². The Hall–Kier alpha value is -2.13. The van der Waals surface area contributed by atoms with E-state index in [2.05, 4.69) is 20.8 Å². The molecule has 2 N–H and O–H groups in total. The van der Waals surface area contributed by atoms with Crippen molar-refractivity contribution < 1.29 is 9.59 Å². The Bertz CT molecular complexity index is 847. The number of benzene rings is 1. The second-order valence-corrected chi connectivity index (χ2v) is 9.45. The Morgan fingerprint density at radius 3 is 2.67 bits per heavy atom. The van der Waals surface area contributed by atoms with Crippen molar-refractivity contribution >= 4 is 45.7 Å². The van der Waals surface area contributed by atoms with Crippen molar-refractivity contribution in [1.82, 2.24) is 15.1 Å². The van der Waals surface area contributed by atoms with Gasteiger partial charge in [-0.15, -0.1) is 10.2 Å². The molecule has 1 heterocycles. The first-order valence-corrected chi connectivity index (χ1v) is 12.3. The van der Waals surface area contributed by atoms with Gasteiger partial charge in [-0.05, 0) is 44.9 Å². The molecule has 2 amide bonds. The number of carbonyl (C=O) groups excluding carboxylic acids is 2. The zero-order valence-corrected chi connectivity index (χ0v) is 19.2. The van der Waals surface area contributed by atoms with E-state index in [9.17, 15) is 9.59 Å². The number of rotatable bonds is 9. The number of nitrogens with zero attached hydrogens (tertiary/aromatic N) is 3. The molecular weight excluding hydrogens is 418 g/mol. The molecule has 9 heteroatoms. The summed E-state index contributed by atoms with van der Waals surface area (Å²) in [5.74, 6) is 0.0773. The van der Waals surface area contributed by atoms with E-state index < -0.39 is 0 Å². The van der Waals surface area contributed by atoms with E-state index in [4.69, 9.17) is 0 Å². The molecule has 2 aromatic rings. The molecule has 0 bridgehead atoms. The lowest BCUT2D eigenvalue weighted by Gasteiger charge is -2.21. The number of hydrogen-bond acceptors (Lipinski definition) is 7. The van der Waals surface area contributed by atoms with Crippen molar-refractivity contribution in [3.8, 4) is 0 Å². The second kappa shape index (κ2) is 11.3. The summed E-state index contributed by atoms with van der Waals surface area (Å²) in [6, 6.07) is 7.55. The maximum Gasteiger partial charge on any atom is 0.253 e. The fourth-order valence-corrected chi connectivity index (χ4v) is 5.12. The third-order valence-electron chi connectivity index (χ3n) is 5.11. The van der Waals surface area contributed by atoms with E-state index in [-0.39, 0.29) is 17.6 Å². The highest BCUT2D eigenvalue weighted by molar-refractivity contribution is 8.01. The van der Waals surface area contributed by atoms with E-state index in [0.29, 0.717) is 30.4 Å². The predicted octanol–water partition coefficient (Wildman–Crippen LogP) is 4.50. The lowest BCUT2D eigenvalue weighted by atomic mass is 9.96. The van der Waals surface area contributed by atoms with Gasteiger partial charge in [0.05, 0.1) is 5.75 Å². The average molecular weight is 448 g/mol. The van der Waals surface area contributed by atoms with E-state index in [1.54, 1.807) is 29.2 Å². The summed E-state index contributed by atoms with van der Waals surface area (Å²) in [4.78, 5) is 26.6. The molecule has 0 atom stereocenters. The standard InChI is InChI=1S/C21H29N5O2S2/c1-3-26(4-2)19(28)15-9-8-12-17(13-15)22-18(27)14-29-21-25-24-20(30-21)23-16-10-6-5-7-11-16/h8-9,12-13,16H,3-7,10-11,14H2,1-2H3,(H,22,27)(H,23,24). The van der Waals surface area contributed by atoms with Crippen LogP contribution in [0.3, 0.4) is 0 Å². The summed E-state index contributed by atoms with van der Waals surface area (Å²) < 4.78 is 0.772. The average Bonchev–Trinajstić information content (AvgIpc) is 3.21. The summed E-state index contributed by atoms with van der Waals surface area (Å²) in [5.41, 5.74) is 1.20. The van der Waals surface area contributed by atoms with Gasteiger partial charge in [0, 0.05) is 30.4 Å². The minimum atomic E-state index is -0.135. The first kappa shape index (κ1) is 22.6. The lowest BCUT2D eigenvalue weighted by molar-refractivity contribution is -0.113. The molecule has 0 aliphatic heterocycles. The van der Waals surface area contributed by atoms with Gasteiger partial charge in [-0.25, -0.2) is 0 Å². The van der Waals surface area contributed by atoms with Crippen LogP contribution in [0.2, 0.25) is 0 Å². The zero-order chi connectivity index (χ0) is 21.3. The number of nitrogens with one attached hydrogen (secondary N) is 2. The van der Waals surface area contributed by atoms with Crippen molar-refractivity contribution in [3.63, 3.8) is 0 Å². The molecule has 1 aliphatic carbocycles. The van der Waals surface area contributed by atoms with Crippen LogP contribution in [0.4, 0.5) is 10.8 Å². The van der Waals surface area contributed by atoms with Crippen LogP contribution in [-0.2, 0) is 4.79 Å². The van der Waals surface area contributed by atoms with Crippen LogP contribution in [0.25, 0.3) is 0 Å². The molecule has 0 spiro atoms. The first-order chi connectivity index (χ1) is 14.6.